The number of amides is 1. The van der Waals surface area contributed by atoms with E-state index in [1.54, 1.807) is 38.3 Å². The average molecular weight is 381 g/mol. The number of benzene rings is 2. The number of carbonyl (C=O) groups excluding carboxylic acids is 1. The third-order valence-corrected chi connectivity index (χ3v) is 4.44. The van der Waals surface area contributed by atoms with Gasteiger partial charge in [0, 0.05) is 18.2 Å². The molecule has 3 aromatic rings. The van der Waals surface area contributed by atoms with Crippen LogP contribution < -0.4 is 9.47 Å². The molecule has 146 valence electrons. The Balaban J connectivity index is 1.76. The molecule has 2 aromatic carbocycles. The van der Waals surface area contributed by atoms with Crippen LogP contribution in [0.5, 0.6) is 11.5 Å². The Labute approximate surface area is 163 Å². The van der Waals surface area contributed by atoms with Crippen LogP contribution in [0.2, 0.25) is 0 Å². The normalized spacial score (nSPS) is 10.6. The van der Waals surface area contributed by atoms with Gasteiger partial charge in [-0.1, -0.05) is 22.9 Å². The van der Waals surface area contributed by atoms with E-state index in [1.807, 2.05) is 38.1 Å². The van der Waals surface area contributed by atoms with Crippen molar-refractivity contribution < 1.29 is 18.8 Å². The Hall–Kier alpha value is -3.35. The first-order valence-electron chi connectivity index (χ1n) is 8.80. The molecule has 28 heavy (non-hydrogen) atoms. The molecule has 7 nitrogen and oxygen atoms in total. The van der Waals surface area contributed by atoms with Gasteiger partial charge < -0.3 is 18.9 Å². The molecule has 0 saturated carbocycles. The van der Waals surface area contributed by atoms with Crippen molar-refractivity contribution in [3.63, 3.8) is 0 Å². The number of methoxy groups -OCH3 is 2. The maximum atomic E-state index is 12.7. The van der Waals surface area contributed by atoms with Crippen LogP contribution in [0.1, 0.15) is 27.4 Å². The van der Waals surface area contributed by atoms with Gasteiger partial charge in [0.05, 0.1) is 20.8 Å². The number of aromatic nitrogens is 2. The summed E-state index contributed by atoms with van der Waals surface area (Å²) in [6.07, 6.45) is 0. The average Bonchev–Trinajstić information content (AvgIpc) is 3.15. The quantitative estimate of drug-likeness (QED) is 0.649. The first-order chi connectivity index (χ1) is 13.4. The Kier molecular flexibility index (Phi) is 5.63. The first kappa shape index (κ1) is 19.4. The zero-order valence-corrected chi connectivity index (χ0v) is 16.6. The van der Waals surface area contributed by atoms with Gasteiger partial charge in [0.2, 0.25) is 11.7 Å². The van der Waals surface area contributed by atoms with Crippen molar-refractivity contribution in [1.29, 1.82) is 0 Å². The van der Waals surface area contributed by atoms with Gasteiger partial charge in [-0.2, -0.15) is 4.98 Å². The second kappa shape index (κ2) is 8.12. The summed E-state index contributed by atoms with van der Waals surface area (Å²) in [6, 6.07) is 11.1. The van der Waals surface area contributed by atoms with E-state index in [-0.39, 0.29) is 12.5 Å². The van der Waals surface area contributed by atoms with Gasteiger partial charge in [-0.25, -0.2) is 0 Å². The Bertz CT molecular complexity index is 997. The lowest BCUT2D eigenvalue weighted by molar-refractivity contribution is 0.0769. The molecule has 0 aliphatic carbocycles. The molecule has 0 unspecified atom stereocenters. The predicted molar refractivity (Wildman–Crippen MR) is 105 cm³/mol. The van der Waals surface area contributed by atoms with Crippen molar-refractivity contribution in [3.8, 4) is 22.9 Å². The second-order valence-electron chi connectivity index (χ2n) is 6.56. The van der Waals surface area contributed by atoms with E-state index in [0.717, 1.165) is 16.7 Å². The van der Waals surface area contributed by atoms with Gasteiger partial charge in [-0.15, -0.1) is 0 Å². The Morgan fingerprint density at radius 3 is 2.50 bits per heavy atom. The molecule has 1 amide bonds. The molecule has 0 fully saturated rings. The van der Waals surface area contributed by atoms with Gasteiger partial charge in [-0.05, 0) is 43.7 Å². The number of hydrogen-bond acceptors (Lipinski definition) is 6. The fourth-order valence-electron chi connectivity index (χ4n) is 2.95. The van der Waals surface area contributed by atoms with Crippen molar-refractivity contribution in [2.45, 2.75) is 20.4 Å². The van der Waals surface area contributed by atoms with E-state index in [2.05, 4.69) is 10.1 Å². The maximum Gasteiger partial charge on any atom is 0.254 e. The summed E-state index contributed by atoms with van der Waals surface area (Å²) < 4.78 is 15.9. The van der Waals surface area contributed by atoms with E-state index >= 15 is 0 Å². The number of aryl methyl sites for hydroxylation is 2. The van der Waals surface area contributed by atoms with Crippen LogP contribution in [-0.4, -0.2) is 42.2 Å². The standard InChI is InChI=1S/C21H23N3O4/c1-13-6-8-16(14(2)10-13)21(25)24(3)12-19-22-20(23-28-19)15-7-9-17(26-4)18(11-15)27-5/h6-11H,12H2,1-5H3. The van der Waals surface area contributed by atoms with Crippen molar-refractivity contribution in [2.24, 2.45) is 0 Å². The fourth-order valence-corrected chi connectivity index (χ4v) is 2.95. The van der Waals surface area contributed by atoms with Crippen molar-refractivity contribution >= 4 is 5.91 Å². The van der Waals surface area contributed by atoms with Crippen molar-refractivity contribution in [1.82, 2.24) is 15.0 Å². The predicted octanol–water partition coefficient (Wildman–Crippen LogP) is 3.64. The molecular weight excluding hydrogens is 358 g/mol. The van der Waals surface area contributed by atoms with E-state index in [1.165, 1.54) is 0 Å². The SMILES string of the molecule is COc1ccc(-c2noc(CN(C)C(=O)c3ccc(C)cc3C)n2)cc1OC. The highest BCUT2D eigenvalue weighted by Gasteiger charge is 2.18. The van der Waals surface area contributed by atoms with Gasteiger partial charge in [0.25, 0.3) is 5.91 Å². The highest BCUT2D eigenvalue weighted by molar-refractivity contribution is 5.95. The lowest BCUT2D eigenvalue weighted by Crippen LogP contribution is -2.27. The van der Waals surface area contributed by atoms with Crippen LogP contribution in [0, 0.1) is 13.8 Å². The van der Waals surface area contributed by atoms with Crippen LogP contribution in [0.4, 0.5) is 0 Å². The van der Waals surface area contributed by atoms with E-state index in [9.17, 15) is 4.79 Å². The molecule has 0 spiro atoms. The van der Waals surface area contributed by atoms with Crippen LogP contribution in [-0.2, 0) is 6.54 Å². The van der Waals surface area contributed by atoms with Gasteiger partial charge in [0.1, 0.15) is 0 Å². The first-order valence-corrected chi connectivity index (χ1v) is 8.80. The summed E-state index contributed by atoms with van der Waals surface area (Å²) in [5.41, 5.74) is 3.45. The van der Waals surface area contributed by atoms with Crippen LogP contribution in [0.3, 0.4) is 0 Å². The second-order valence-corrected chi connectivity index (χ2v) is 6.56. The van der Waals surface area contributed by atoms with Gasteiger partial charge in [0.15, 0.2) is 11.5 Å². The van der Waals surface area contributed by atoms with E-state index < -0.39 is 0 Å². The molecule has 3 rings (SSSR count). The van der Waals surface area contributed by atoms with Crippen LogP contribution in [0.15, 0.2) is 40.9 Å². The van der Waals surface area contributed by atoms with Crippen molar-refractivity contribution in [3.05, 3.63) is 59.0 Å². The molecule has 0 aliphatic heterocycles. The minimum Gasteiger partial charge on any atom is -0.493 e. The number of carbonyl (C=O) groups is 1. The lowest BCUT2D eigenvalue weighted by atomic mass is 10.0. The zero-order chi connectivity index (χ0) is 20.3. The Morgan fingerprint density at radius 1 is 1.07 bits per heavy atom. The van der Waals surface area contributed by atoms with Gasteiger partial charge >= 0.3 is 0 Å². The summed E-state index contributed by atoms with van der Waals surface area (Å²) in [4.78, 5) is 18.7. The largest absolute Gasteiger partial charge is 0.493 e. The smallest absolute Gasteiger partial charge is 0.254 e. The molecule has 0 atom stereocenters. The topological polar surface area (TPSA) is 77.7 Å². The summed E-state index contributed by atoms with van der Waals surface area (Å²) >= 11 is 0. The molecule has 0 saturated heterocycles. The molecule has 0 N–H and O–H groups in total. The zero-order valence-electron chi connectivity index (χ0n) is 16.6. The minimum atomic E-state index is -0.0941. The third-order valence-electron chi connectivity index (χ3n) is 4.44. The highest BCUT2D eigenvalue weighted by atomic mass is 16.5. The molecule has 1 heterocycles. The van der Waals surface area contributed by atoms with E-state index in [4.69, 9.17) is 14.0 Å². The highest BCUT2D eigenvalue weighted by Crippen LogP contribution is 2.31. The Morgan fingerprint density at radius 2 is 1.82 bits per heavy atom. The monoisotopic (exact) mass is 381 g/mol. The molecule has 7 heteroatoms. The minimum absolute atomic E-state index is 0.0941. The van der Waals surface area contributed by atoms with Crippen LogP contribution in [0.25, 0.3) is 11.4 Å². The van der Waals surface area contributed by atoms with Crippen LogP contribution >= 0.6 is 0 Å². The van der Waals surface area contributed by atoms with Gasteiger partial charge in [-0.3, -0.25) is 4.79 Å². The summed E-state index contributed by atoms with van der Waals surface area (Å²) in [5.74, 6) is 1.87. The number of ether oxygens (including phenoxy) is 2. The number of rotatable bonds is 6. The third kappa shape index (κ3) is 3.98. The molecule has 0 bridgehead atoms. The maximum absolute atomic E-state index is 12.7. The number of hydrogen-bond donors (Lipinski definition) is 0. The fraction of sp³-hybridized carbons (Fsp3) is 0.286. The number of nitrogens with zero attached hydrogens (tertiary/aromatic N) is 3. The summed E-state index contributed by atoms with van der Waals surface area (Å²) in [5, 5.41) is 4.01. The summed E-state index contributed by atoms with van der Waals surface area (Å²) in [7, 11) is 4.85. The van der Waals surface area contributed by atoms with E-state index in [0.29, 0.717) is 28.8 Å². The molecule has 0 radical (unpaired) electrons. The molecule has 0 aliphatic rings. The molecular formula is C21H23N3O4. The van der Waals surface area contributed by atoms with Crippen molar-refractivity contribution in [2.75, 3.05) is 21.3 Å². The summed E-state index contributed by atoms with van der Waals surface area (Å²) in [6.45, 7) is 4.14. The molecule has 1 aromatic heterocycles. The lowest BCUT2D eigenvalue weighted by Gasteiger charge is -2.16.